The molecule has 0 aliphatic carbocycles. The lowest BCUT2D eigenvalue weighted by Gasteiger charge is -1.97. The van der Waals surface area contributed by atoms with E-state index in [4.69, 9.17) is 0 Å². The highest BCUT2D eigenvalue weighted by atomic mass is 16.3. The molecule has 8 heteroatoms. The second kappa shape index (κ2) is 3.50. The maximum absolute atomic E-state index is 11.4. The van der Waals surface area contributed by atoms with Crippen LogP contribution in [0.25, 0.3) is 5.69 Å². The molecule has 0 bridgehead atoms. The number of H-pyrrole nitrogens is 3. The SMILES string of the molecule is O=c1cc[n+](-c2c[nH]c(=O)[nH]c2=O)c(O)[nH]1. The molecule has 0 fully saturated rings. The highest BCUT2D eigenvalue weighted by Crippen LogP contribution is 1.92. The van der Waals surface area contributed by atoms with Crippen molar-refractivity contribution in [3.8, 4) is 11.7 Å². The first-order chi connectivity index (χ1) is 7.58. The predicted molar refractivity (Wildman–Crippen MR) is 51.5 cm³/mol. The summed E-state index contributed by atoms with van der Waals surface area (Å²) in [6.45, 7) is 0. The molecule has 0 radical (unpaired) electrons. The van der Waals surface area contributed by atoms with Gasteiger partial charge in [0.15, 0.2) is 0 Å². The number of hydrogen-bond acceptors (Lipinski definition) is 4. The molecule has 8 nitrogen and oxygen atoms in total. The standard InChI is InChI=1S/C8H6N4O4/c13-5-1-2-12(8(16)10-5)4-3-9-7(15)11-6(4)14/h1-3H,(H3,9,10,11,13,14,15,16)/p+1. The van der Waals surface area contributed by atoms with Crippen LogP contribution in [0.15, 0.2) is 32.8 Å². The third-order valence-corrected chi connectivity index (χ3v) is 1.90. The van der Waals surface area contributed by atoms with Crippen LogP contribution in [0.4, 0.5) is 0 Å². The zero-order valence-electron chi connectivity index (χ0n) is 7.85. The van der Waals surface area contributed by atoms with Crippen LogP contribution in [0, 0.1) is 0 Å². The fourth-order valence-electron chi connectivity index (χ4n) is 1.20. The second-order valence-corrected chi connectivity index (χ2v) is 2.96. The Balaban J connectivity index is 2.73. The van der Waals surface area contributed by atoms with Crippen LogP contribution in [-0.4, -0.2) is 20.1 Å². The van der Waals surface area contributed by atoms with Gasteiger partial charge in [-0.1, -0.05) is 0 Å². The number of hydrogen-bond donors (Lipinski definition) is 4. The number of nitrogens with zero attached hydrogens (tertiary/aromatic N) is 1. The van der Waals surface area contributed by atoms with Gasteiger partial charge in [0.05, 0.1) is 12.3 Å². The van der Waals surface area contributed by atoms with Crippen LogP contribution in [0.1, 0.15) is 0 Å². The second-order valence-electron chi connectivity index (χ2n) is 2.96. The lowest BCUT2D eigenvalue weighted by Crippen LogP contribution is -2.41. The molecule has 0 aliphatic rings. The van der Waals surface area contributed by atoms with Gasteiger partial charge in [0.1, 0.15) is 6.20 Å². The van der Waals surface area contributed by atoms with Crippen molar-refractivity contribution in [1.82, 2.24) is 15.0 Å². The van der Waals surface area contributed by atoms with E-state index >= 15 is 0 Å². The van der Waals surface area contributed by atoms with E-state index < -0.39 is 22.8 Å². The number of rotatable bonds is 1. The fourth-order valence-corrected chi connectivity index (χ4v) is 1.20. The predicted octanol–water partition coefficient (Wildman–Crippen LogP) is -2.27. The number of aromatic amines is 3. The Hall–Kier alpha value is -2.64. The molecule has 0 aromatic carbocycles. The van der Waals surface area contributed by atoms with E-state index in [2.05, 4.69) is 9.97 Å². The highest BCUT2D eigenvalue weighted by molar-refractivity contribution is 5.12. The third kappa shape index (κ3) is 1.63. The first kappa shape index (κ1) is 9.90. The van der Waals surface area contributed by atoms with Crippen molar-refractivity contribution in [2.24, 2.45) is 0 Å². The Morgan fingerprint density at radius 1 is 1.19 bits per heavy atom. The molecular weight excluding hydrogens is 216 g/mol. The van der Waals surface area contributed by atoms with E-state index in [1.165, 1.54) is 6.20 Å². The van der Waals surface area contributed by atoms with Gasteiger partial charge in [-0.3, -0.25) is 9.78 Å². The van der Waals surface area contributed by atoms with E-state index in [1.807, 2.05) is 4.98 Å². The minimum absolute atomic E-state index is 0.0200. The fraction of sp³-hybridized carbons (Fsp3) is 0. The molecule has 0 atom stereocenters. The van der Waals surface area contributed by atoms with Crippen LogP contribution in [0.2, 0.25) is 0 Å². The zero-order valence-corrected chi connectivity index (χ0v) is 7.85. The van der Waals surface area contributed by atoms with E-state index in [1.54, 1.807) is 0 Å². The van der Waals surface area contributed by atoms with Crippen LogP contribution in [0.5, 0.6) is 6.01 Å². The van der Waals surface area contributed by atoms with Gasteiger partial charge in [0, 0.05) is 0 Å². The Bertz CT molecular complexity index is 696. The summed E-state index contributed by atoms with van der Waals surface area (Å²) in [6, 6.07) is 0.620. The van der Waals surface area contributed by atoms with Gasteiger partial charge in [-0.2, -0.15) is 9.55 Å². The number of aromatic nitrogens is 4. The molecule has 4 N–H and O–H groups in total. The first-order valence-electron chi connectivity index (χ1n) is 4.24. The van der Waals surface area contributed by atoms with Gasteiger partial charge in [-0.25, -0.2) is 9.59 Å². The Morgan fingerprint density at radius 3 is 2.56 bits per heavy atom. The summed E-state index contributed by atoms with van der Waals surface area (Å²) in [6.07, 6.45) is 2.33. The quantitative estimate of drug-likeness (QED) is 0.407. The van der Waals surface area contributed by atoms with Gasteiger partial charge in [-0.05, 0) is 0 Å². The summed E-state index contributed by atoms with van der Waals surface area (Å²) in [5, 5.41) is 9.40. The Kier molecular flexibility index (Phi) is 2.16. The minimum Gasteiger partial charge on any atom is -0.446 e. The molecule has 0 saturated carbocycles. The lowest BCUT2D eigenvalue weighted by atomic mass is 10.5. The van der Waals surface area contributed by atoms with Crippen LogP contribution >= 0.6 is 0 Å². The number of nitrogens with one attached hydrogen (secondary N) is 3. The van der Waals surface area contributed by atoms with E-state index in [0.29, 0.717) is 0 Å². The summed E-state index contributed by atoms with van der Waals surface area (Å²) in [4.78, 5) is 39.3. The van der Waals surface area contributed by atoms with E-state index in [-0.39, 0.29) is 5.69 Å². The van der Waals surface area contributed by atoms with Crippen LogP contribution in [-0.2, 0) is 0 Å². The monoisotopic (exact) mass is 223 g/mol. The molecule has 2 aromatic rings. The Morgan fingerprint density at radius 2 is 1.94 bits per heavy atom. The third-order valence-electron chi connectivity index (χ3n) is 1.90. The van der Waals surface area contributed by atoms with Crippen molar-refractivity contribution >= 4 is 0 Å². The highest BCUT2D eigenvalue weighted by Gasteiger charge is 2.14. The summed E-state index contributed by atoms with van der Waals surface area (Å²) in [5.41, 5.74) is -1.86. The number of aromatic hydroxyl groups is 1. The van der Waals surface area contributed by atoms with Crippen molar-refractivity contribution in [3.05, 3.63) is 49.7 Å². The van der Waals surface area contributed by atoms with Crippen LogP contribution in [0.3, 0.4) is 0 Å². The molecule has 82 valence electrons. The van der Waals surface area contributed by atoms with Gasteiger partial charge < -0.3 is 10.1 Å². The van der Waals surface area contributed by atoms with E-state index in [0.717, 1.165) is 16.8 Å². The zero-order chi connectivity index (χ0) is 11.7. The molecule has 0 amide bonds. The molecule has 16 heavy (non-hydrogen) atoms. The van der Waals surface area contributed by atoms with Gasteiger partial charge >= 0.3 is 22.8 Å². The maximum Gasteiger partial charge on any atom is 0.459 e. The molecule has 0 unspecified atom stereocenters. The normalized spacial score (nSPS) is 10.2. The molecule has 2 aromatic heterocycles. The first-order valence-corrected chi connectivity index (χ1v) is 4.24. The van der Waals surface area contributed by atoms with Crippen molar-refractivity contribution in [2.45, 2.75) is 0 Å². The average molecular weight is 223 g/mol. The van der Waals surface area contributed by atoms with Crippen molar-refractivity contribution in [1.29, 1.82) is 0 Å². The summed E-state index contributed by atoms with van der Waals surface area (Å²) < 4.78 is 1.02. The summed E-state index contributed by atoms with van der Waals surface area (Å²) in [5.74, 6) is 0. The van der Waals surface area contributed by atoms with Crippen LogP contribution < -0.4 is 21.4 Å². The summed E-state index contributed by atoms with van der Waals surface area (Å²) >= 11 is 0. The largest absolute Gasteiger partial charge is 0.459 e. The van der Waals surface area contributed by atoms with Crippen molar-refractivity contribution in [2.75, 3.05) is 0 Å². The molecule has 0 aliphatic heterocycles. The topological polar surface area (TPSA) is 123 Å². The molecular formula is C8H7N4O4+. The molecule has 2 rings (SSSR count). The minimum atomic E-state index is -0.684. The van der Waals surface area contributed by atoms with Crippen molar-refractivity contribution < 1.29 is 9.67 Å². The van der Waals surface area contributed by atoms with Gasteiger partial charge in [0.2, 0.25) is 5.69 Å². The van der Waals surface area contributed by atoms with E-state index in [9.17, 15) is 19.5 Å². The molecule has 0 spiro atoms. The van der Waals surface area contributed by atoms with Crippen molar-refractivity contribution in [3.63, 3.8) is 0 Å². The smallest absolute Gasteiger partial charge is 0.446 e. The van der Waals surface area contributed by atoms with Gasteiger partial charge in [0.25, 0.3) is 0 Å². The lowest BCUT2D eigenvalue weighted by molar-refractivity contribution is -0.609. The average Bonchev–Trinajstić information content (AvgIpc) is 2.19. The molecule has 2 heterocycles. The van der Waals surface area contributed by atoms with Gasteiger partial charge in [-0.15, -0.1) is 0 Å². The summed E-state index contributed by atoms with van der Waals surface area (Å²) in [7, 11) is 0. The Labute approximate surface area is 86.9 Å². The maximum atomic E-state index is 11.4. The molecule has 0 saturated heterocycles.